The molecule has 8 heteroatoms. The summed E-state index contributed by atoms with van der Waals surface area (Å²) in [5, 5.41) is 23.2. The van der Waals surface area contributed by atoms with Crippen LogP contribution in [0.3, 0.4) is 0 Å². The summed E-state index contributed by atoms with van der Waals surface area (Å²) in [6.07, 6.45) is 5.67. The number of carboxylic acid groups (broad SMARTS) is 1. The van der Waals surface area contributed by atoms with Gasteiger partial charge in [-0.15, -0.1) is 0 Å². The lowest BCUT2D eigenvalue weighted by Gasteiger charge is -2.05. The normalized spacial score (nSPS) is 9.12. The van der Waals surface area contributed by atoms with Gasteiger partial charge in [0.25, 0.3) is 0 Å². The van der Waals surface area contributed by atoms with Gasteiger partial charge < -0.3 is 24.8 Å². The van der Waals surface area contributed by atoms with E-state index in [1.54, 1.807) is 0 Å². The van der Waals surface area contributed by atoms with E-state index in [9.17, 15) is 14.4 Å². The average molecular weight is 380 g/mol. The van der Waals surface area contributed by atoms with Gasteiger partial charge in [0.15, 0.2) is 0 Å². The second-order valence-corrected chi connectivity index (χ2v) is 5.24. The molecular formula is C18H36O8. The smallest absolute Gasteiger partial charge is 0.305 e. The lowest BCUT2D eigenvalue weighted by Crippen LogP contribution is -2.13. The van der Waals surface area contributed by atoms with Crippen molar-refractivity contribution in [3.63, 3.8) is 0 Å². The number of hydrogen-bond acceptors (Lipinski definition) is 7. The van der Waals surface area contributed by atoms with Crippen LogP contribution in [0.4, 0.5) is 0 Å². The number of ether oxygens (including phenoxy) is 2. The number of carboxylic acids is 1. The second kappa shape index (κ2) is 25.6. The second-order valence-electron chi connectivity index (χ2n) is 5.24. The Morgan fingerprint density at radius 3 is 1.46 bits per heavy atom. The van der Waals surface area contributed by atoms with Gasteiger partial charge in [-0.2, -0.15) is 0 Å². The molecule has 0 aromatic heterocycles. The first kappa shape index (κ1) is 29.1. The Balaban J connectivity index is -0.000000434. The van der Waals surface area contributed by atoms with Crippen molar-refractivity contribution in [1.82, 2.24) is 0 Å². The molecule has 0 radical (unpaired) electrons. The molecule has 0 heterocycles. The molecule has 0 amide bonds. The van der Waals surface area contributed by atoms with E-state index in [0.717, 1.165) is 32.1 Å². The lowest BCUT2D eigenvalue weighted by atomic mass is 10.2. The molecule has 0 rings (SSSR count). The van der Waals surface area contributed by atoms with Crippen molar-refractivity contribution in [3.8, 4) is 0 Å². The predicted molar refractivity (Wildman–Crippen MR) is 97.7 cm³/mol. The van der Waals surface area contributed by atoms with Gasteiger partial charge in [-0.3, -0.25) is 14.4 Å². The Hall–Kier alpha value is -1.67. The van der Waals surface area contributed by atoms with Crippen molar-refractivity contribution < 1.29 is 39.2 Å². The van der Waals surface area contributed by atoms with Crippen LogP contribution < -0.4 is 0 Å². The van der Waals surface area contributed by atoms with Gasteiger partial charge >= 0.3 is 17.9 Å². The summed E-state index contributed by atoms with van der Waals surface area (Å²) < 4.78 is 9.74. The fourth-order valence-corrected chi connectivity index (χ4v) is 1.39. The molecule has 0 saturated heterocycles. The van der Waals surface area contributed by atoms with Crippen molar-refractivity contribution in [2.45, 2.75) is 72.1 Å². The number of esters is 2. The number of rotatable bonds is 12. The third-order valence-corrected chi connectivity index (χ3v) is 2.61. The largest absolute Gasteiger partial charge is 0.481 e. The van der Waals surface area contributed by atoms with Crippen molar-refractivity contribution >= 4 is 17.9 Å². The third-order valence-electron chi connectivity index (χ3n) is 2.61. The minimum absolute atomic E-state index is 0.125. The minimum atomic E-state index is -0.711. The van der Waals surface area contributed by atoms with Crippen LogP contribution in [0.25, 0.3) is 0 Å². The molecule has 0 aliphatic heterocycles. The number of hydrogen-bond donors (Lipinski definition) is 3. The maximum atomic E-state index is 11.1. The molecule has 3 N–H and O–H groups in total. The average Bonchev–Trinajstić information content (AvgIpc) is 2.60. The summed E-state index contributed by atoms with van der Waals surface area (Å²) >= 11 is 0. The molecule has 156 valence electrons. The zero-order valence-corrected chi connectivity index (χ0v) is 16.4. The highest BCUT2D eigenvalue weighted by Gasteiger charge is 2.04. The maximum Gasteiger partial charge on any atom is 0.305 e. The van der Waals surface area contributed by atoms with Crippen LogP contribution in [-0.2, 0) is 23.9 Å². The summed E-state index contributed by atoms with van der Waals surface area (Å²) in [6.45, 7) is 5.92. The van der Waals surface area contributed by atoms with E-state index in [1.807, 2.05) is 13.8 Å². The number of aliphatic hydroxyl groups is 2. The molecule has 0 fully saturated rings. The summed E-state index contributed by atoms with van der Waals surface area (Å²) in [6, 6.07) is 0. The van der Waals surface area contributed by atoms with Crippen molar-refractivity contribution in [2.75, 3.05) is 26.4 Å². The van der Waals surface area contributed by atoms with Gasteiger partial charge in [-0.25, -0.2) is 0 Å². The molecule has 0 aromatic rings. The molecule has 0 atom stereocenters. The predicted octanol–water partition coefficient (Wildman–Crippen LogP) is 2.30. The van der Waals surface area contributed by atoms with E-state index in [2.05, 4.69) is 6.92 Å². The zero-order valence-electron chi connectivity index (χ0n) is 16.4. The Kier molecular flexibility index (Phi) is 28.6. The van der Waals surface area contributed by atoms with Crippen LogP contribution in [0.2, 0.25) is 0 Å². The monoisotopic (exact) mass is 380 g/mol. The van der Waals surface area contributed by atoms with Crippen LogP contribution in [0.5, 0.6) is 0 Å². The maximum absolute atomic E-state index is 11.1. The molecule has 0 aromatic carbocycles. The summed E-state index contributed by atoms with van der Waals surface area (Å²) in [4.78, 5) is 31.7. The Labute approximate surface area is 156 Å². The van der Waals surface area contributed by atoms with Gasteiger partial charge in [-0.05, 0) is 19.3 Å². The Morgan fingerprint density at radius 2 is 1.15 bits per heavy atom. The van der Waals surface area contributed by atoms with Crippen LogP contribution in [0.1, 0.15) is 72.1 Å². The van der Waals surface area contributed by atoms with Gasteiger partial charge in [0.2, 0.25) is 0 Å². The van der Waals surface area contributed by atoms with Gasteiger partial charge in [0.1, 0.15) is 13.2 Å². The number of unbranched alkanes of at least 4 members (excludes halogenated alkanes) is 2. The highest BCUT2D eigenvalue weighted by atomic mass is 16.6. The number of carbonyl (C=O) groups is 3. The van der Waals surface area contributed by atoms with Crippen LogP contribution >= 0.6 is 0 Å². The van der Waals surface area contributed by atoms with E-state index in [4.69, 9.17) is 24.8 Å². The summed E-state index contributed by atoms with van der Waals surface area (Å²) in [5.74, 6) is -1.15. The van der Waals surface area contributed by atoms with E-state index in [-0.39, 0.29) is 38.4 Å². The fraction of sp³-hybridized carbons (Fsp3) is 0.833. The topological polar surface area (TPSA) is 130 Å². The Bertz CT molecular complexity index is 329. The molecule has 26 heavy (non-hydrogen) atoms. The molecule has 0 unspecified atom stereocenters. The van der Waals surface area contributed by atoms with Gasteiger partial charge in [-0.1, -0.05) is 33.6 Å². The first-order chi connectivity index (χ1) is 12.4. The molecule has 8 nitrogen and oxygen atoms in total. The van der Waals surface area contributed by atoms with Crippen LogP contribution in [0.15, 0.2) is 0 Å². The molecule has 0 bridgehead atoms. The van der Waals surface area contributed by atoms with Crippen LogP contribution in [-0.4, -0.2) is 59.7 Å². The highest BCUT2D eigenvalue weighted by molar-refractivity contribution is 5.70. The first-order valence-corrected chi connectivity index (χ1v) is 9.14. The van der Waals surface area contributed by atoms with E-state index < -0.39 is 5.97 Å². The minimum Gasteiger partial charge on any atom is -0.481 e. The van der Waals surface area contributed by atoms with Crippen molar-refractivity contribution in [2.24, 2.45) is 0 Å². The van der Waals surface area contributed by atoms with Gasteiger partial charge in [0, 0.05) is 19.3 Å². The zero-order chi connectivity index (χ0) is 20.6. The van der Waals surface area contributed by atoms with E-state index in [1.165, 1.54) is 0 Å². The fourth-order valence-electron chi connectivity index (χ4n) is 1.39. The number of aliphatic carboxylic acids is 1. The lowest BCUT2D eigenvalue weighted by molar-refractivity contribution is -0.152. The molecular weight excluding hydrogens is 344 g/mol. The van der Waals surface area contributed by atoms with Crippen molar-refractivity contribution in [1.29, 1.82) is 0 Å². The third kappa shape index (κ3) is 33.8. The molecule has 0 aliphatic rings. The van der Waals surface area contributed by atoms with E-state index in [0.29, 0.717) is 19.3 Å². The summed E-state index contributed by atoms with van der Waals surface area (Å²) in [7, 11) is 0. The molecule has 0 aliphatic carbocycles. The van der Waals surface area contributed by atoms with E-state index >= 15 is 0 Å². The van der Waals surface area contributed by atoms with Crippen molar-refractivity contribution in [3.05, 3.63) is 0 Å². The quantitative estimate of drug-likeness (QED) is 0.347. The summed E-state index contributed by atoms with van der Waals surface area (Å²) in [5.41, 5.74) is 0. The highest BCUT2D eigenvalue weighted by Crippen LogP contribution is 2.00. The van der Waals surface area contributed by atoms with Gasteiger partial charge in [0.05, 0.1) is 13.2 Å². The standard InChI is InChI=1S/C12H22O4.C4H8O2.C2H6O2/c1-3-5-6-8-12(14)16-10-9-15-11(13)7-4-2;1-2-3-4(5)6;3-1-2-4/h3-10H2,1-2H3;2-3H2,1H3,(H,5,6);3-4H,1-2H2. The molecule has 0 saturated carbocycles. The number of carbonyl (C=O) groups excluding carboxylic acids is 2. The van der Waals surface area contributed by atoms with Crippen LogP contribution in [0, 0.1) is 0 Å². The first-order valence-electron chi connectivity index (χ1n) is 9.14. The number of aliphatic hydroxyl groups excluding tert-OH is 2. The Morgan fingerprint density at radius 1 is 0.692 bits per heavy atom. The SMILES string of the molecule is CCCC(=O)O.CCCCCC(=O)OCCOC(=O)CCC.OCCO. The molecule has 0 spiro atoms.